The molecule has 14 rings (SSSR count). The van der Waals surface area contributed by atoms with E-state index < -0.39 is 8.07 Å². The van der Waals surface area contributed by atoms with E-state index in [1.807, 2.05) is 60.7 Å². The Morgan fingerprint density at radius 2 is 0.658 bits per heavy atom. The summed E-state index contributed by atoms with van der Waals surface area (Å²) < 4.78 is 32.9. The van der Waals surface area contributed by atoms with Gasteiger partial charge in [0.05, 0.1) is 17.1 Å². The molecule has 344 valence electrons. The van der Waals surface area contributed by atoms with E-state index in [0.29, 0.717) is 11.1 Å². The van der Waals surface area contributed by atoms with Crippen molar-refractivity contribution in [2.24, 2.45) is 0 Å². The third-order valence-corrected chi connectivity index (χ3v) is 20.1. The predicted octanol–water partition coefficient (Wildman–Crippen LogP) is 12.5. The second-order valence-electron chi connectivity index (χ2n) is 19.0. The number of nitrogens with zero attached hydrogens (tertiary/aromatic N) is 3. The summed E-state index contributed by atoms with van der Waals surface area (Å²) in [6.07, 6.45) is 0. The Kier molecular flexibility index (Phi) is 10.0. The summed E-state index contributed by atoms with van der Waals surface area (Å²) in [6, 6.07) is 92.5. The average molecular weight is 956 g/mol. The standard InChI is InChI=1S/C66H44BF2N3Si/c68-54-35-17-13-31-50(54)52-33-15-19-37-56(52)71-58-39-21-41-62-65(58)67-64-60(71)43-47(70(45-23-5-1-6-24-45)46-25-7-2-8-26-46)44-61(64)72(57-38-20-16-34-53(57)51-32-14-18-36-55(51)69)59-40-22-42-63(66(59)67)73(62,48-27-9-3-10-28-48)49-29-11-4-12-30-49/h1-44H. The van der Waals surface area contributed by atoms with Crippen LogP contribution in [0, 0.1) is 11.6 Å². The van der Waals surface area contributed by atoms with Gasteiger partial charge in [-0.2, -0.15) is 0 Å². The first-order valence-electron chi connectivity index (χ1n) is 24.9. The number of hydrogen-bond acceptors (Lipinski definition) is 3. The van der Waals surface area contributed by atoms with Crippen LogP contribution >= 0.6 is 0 Å². The van der Waals surface area contributed by atoms with Crippen molar-refractivity contribution in [1.29, 1.82) is 0 Å². The smallest absolute Gasteiger partial charge is 0.251 e. The molecule has 0 spiro atoms. The molecule has 3 heterocycles. The Hall–Kier alpha value is -9.04. The molecule has 0 N–H and O–H groups in total. The van der Waals surface area contributed by atoms with Crippen molar-refractivity contribution < 1.29 is 8.78 Å². The van der Waals surface area contributed by atoms with Crippen LogP contribution < -0.4 is 51.8 Å². The van der Waals surface area contributed by atoms with Crippen LogP contribution in [-0.4, -0.2) is 14.8 Å². The fourth-order valence-electron chi connectivity index (χ4n) is 12.4. The molecule has 0 aromatic heterocycles. The van der Waals surface area contributed by atoms with Crippen molar-refractivity contribution in [1.82, 2.24) is 0 Å². The molecule has 0 saturated carbocycles. The van der Waals surface area contributed by atoms with E-state index in [1.165, 1.54) is 31.7 Å². The minimum absolute atomic E-state index is 0.208. The highest BCUT2D eigenvalue weighted by molar-refractivity contribution is 7.27. The van der Waals surface area contributed by atoms with Crippen molar-refractivity contribution in [3.63, 3.8) is 0 Å². The van der Waals surface area contributed by atoms with Crippen LogP contribution in [-0.2, 0) is 0 Å². The number of benzene rings is 11. The molecule has 7 heteroatoms. The monoisotopic (exact) mass is 955 g/mol. The van der Waals surface area contributed by atoms with Gasteiger partial charge in [0.15, 0.2) is 8.07 Å². The second-order valence-corrected chi connectivity index (χ2v) is 22.7. The van der Waals surface area contributed by atoms with Crippen LogP contribution in [0.2, 0.25) is 0 Å². The zero-order chi connectivity index (χ0) is 48.6. The summed E-state index contributed by atoms with van der Waals surface area (Å²) in [4.78, 5) is 7.16. The molecule has 3 aliphatic rings. The first kappa shape index (κ1) is 42.8. The molecule has 0 atom stereocenters. The highest BCUT2D eigenvalue weighted by Crippen LogP contribution is 2.51. The molecule has 3 nitrogen and oxygen atoms in total. The molecule has 11 aromatic carbocycles. The third kappa shape index (κ3) is 6.42. The van der Waals surface area contributed by atoms with Crippen molar-refractivity contribution in [3.8, 4) is 22.3 Å². The first-order valence-corrected chi connectivity index (χ1v) is 26.9. The minimum atomic E-state index is -3.19. The van der Waals surface area contributed by atoms with Crippen LogP contribution in [0.5, 0.6) is 0 Å². The number of rotatable bonds is 9. The van der Waals surface area contributed by atoms with Gasteiger partial charge in [-0.15, -0.1) is 0 Å². The van der Waals surface area contributed by atoms with Gasteiger partial charge in [0.2, 0.25) is 0 Å². The topological polar surface area (TPSA) is 9.72 Å². The van der Waals surface area contributed by atoms with Crippen molar-refractivity contribution in [2.75, 3.05) is 14.7 Å². The van der Waals surface area contributed by atoms with Gasteiger partial charge in [0.1, 0.15) is 11.6 Å². The van der Waals surface area contributed by atoms with Crippen molar-refractivity contribution in [3.05, 3.63) is 279 Å². The Morgan fingerprint density at radius 1 is 0.301 bits per heavy atom. The average Bonchev–Trinajstić information content (AvgIpc) is 3.45. The maximum Gasteiger partial charge on any atom is 0.251 e. The van der Waals surface area contributed by atoms with E-state index in [1.54, 1.807) is 24.3 Å². The Balaban J connectivity index is 1.19. The van der Waals surface area contributed by atoms with Gasteiger partial charge in [-0.3, -0.25) is 0 Å². The van der Waals surface area contributed by atoms with Gasteiger partial charge in [-0.1, -0.05) is 194 Å². The molecule has 0 aliphatic carbocycles. The maximum atomic E-state index is 16.5. The summed E-state index contributed by atoms with van der Waals surface area (Å²) >= 11 is 0. The quantitative estimate of drug-likeness (QED) is 0.134. The Labute approximate surface area is 425 Å². The fourth-order valence-corrected chi connectivity index (χ4v) is 17.7. The molecule has 11 aromatic rings. The lowest BCUT2D eigenvalue weighted by Crippen LogP contribution is -2.88. The predicted molar refractivity (Wildman–Crippen MR) is 303 cm³/mol. The van der Waals surface area contributed by atoms with Crippen LogP contribution in [0.4, 0.5) is 60.0 Å². The van der Waals surface area contributed by atoms with E-state index in [4.69, 9.17) is 0 Å². The maximum absolute atomic E-state index is 16.5. The lowest BCUT2D eigenvalue weighted by atomic mass is 9.33. The molecule has 0 fully saturated rings. The largest absolute Gasteiger partial charge is 0.311 e. The Morgan fingerprint density at radius 3 is 1.08 bits per heavy atom. The summed E-state index contributed by atoms with van der Waals surface area (Å²) in [5.74, 6) is -0.576. The van der Waals surface area contributed by atoms with Gasteiger partial charge in [0.25, 0.3) is 6.71 Å². The van der Waals surface area contributed by atoms with Crippen LogP contribution in [0.15, 0.2) is 267 Å². The van der Waals surface area contributed by atoms with Crippen LogP contribution in [0.1, 0.15) is 0 Å². The van der Waals surface area contributed by atoms with Crippen molar-refractivity contribution >= 4 is 103 Å². The number of para-hydroxylation sites is 4. The molecule has 0 bridgehead atoms. The van der Waals surface area contributed by atoms with E-state index >= 15 is 8.78 Å². The zero-order valence-electron chi connectivity index (χ0n) is 39.6. The molecule has 0 amide bonds. The summed E-state index contributed by atoms with van der Waals surface area (Å²) in [7, 11) is -3.19. The lowest BCUT2D eigenvalue weighted by Gasteiger charge is -2.52. The van der Waals surface area contributed by atoms with Crippen LogP contribution in [0.25, 0.3) is 22.3 Å². The molecule has 3 aliphatic heterocycles. The van der Waals surface area contributed by atoms with E-state index in [9.17, 15) is 0 Å². The van der Waals surface area contributed by atoms with Crippen LogP contribution in [0.3, 0.4) is 0 Å². The third-order valence-electron chi connectivity index (χ3n) is 15.2. The van der Waals surface area contributed by atoms with Gasteiger partial charge in [-0.05, 0) is 110 Å². The minimum Gasteiger partial charge on any atom is -0.311 e. The van der Waals surface area contributed by atoms with Crippen molar-refractivity contribution in [2.45, 2.75) is 0 Å². The van der Waals surface area contributed by atoms with Gasteiger partial charge in [-0.25, -0.2) is 8.78 Å². The molecular weight excluding hydrogens is 912 g/mol. The molecule has 0 unspecified atom stereocenters. The zero-order valence-corrected chi connectivity index (χ0v) is 40.6. The Bertz CT molecular complexity index is 3680. The molecule has 73 heavy (non-hydrogen) atoms. The van der Waals surface area contributed by atoms with E-state index in [0.717, 1.165) is 67.8 Å². The summed E-state index contributed by atoms with van der Waals surface area (Å²) in [5.41, 5.74) is 14.9. The summed E-state index contributed by atoms with van der Waals surface area (Å²) in [6.45, 7) is -0.208. The normalized spacial score (nSPS) is 13.4. The lowest BCUT2D eigenvalue weighted by molar-refractivity contribution is 0.631. The molecular formula is C66H44BF2N3Si. The number of anilines is 9. The van der Waals surface area contributed by atoms with E-state index in [2.05, 4.69) is 197 Å². The van der Waals surface area contributed by atoms with Gasteiger partial charge >= 0.3 is 0 Å². The fraction of sp³-hybridized carbons (Fsp3) is 0. The SMILES string of the molecule is Fc1ccccc1-c1ccccc1N1c2cc(N(c3ccccc3)c3ccccc3)cc3c2B2c4c1cccc4[Si](c1ccccc1)(c1ccccc1)c1cccc(c12)N3c1ccccc1-c1ccccc1F. The highest BCUT2D eigenvalue weighted by atomic mass is 28.3. The number of halogens is 2. The first-order chi connectivity index (χ1) is 36.1. The summed E-state index contributed by atoms with van der Waals surface area (Å²) in [5, 5.41) is 5.21. The number of hydrogen-bond donors (Lipinski definition) is 0. The molecule has 0 saturated heterocycles. The van der Waals surface area contributed by atoms with E-state index in [-0.39, 0.29) is 18.3 Å². The van der Waals surface area contributed by atoms with Gasteiger partial charge < -0.3 is 14.7 Å². The highest BCUT2D eigenvalue weighted by Gasteiger charge is 2.56. The molecule has 0 radical (unpaired) electrons. The second kappa shape index (κ2) is 17.1. The van der Waals surface area contributed by atoms with Gasteiger partial charge in [0, 0.05) is 56.4 Å².